The van der Waals surface area contributed by atoms with Gasteiger partial charge in [-0.15, -0.1) is 11.3 Å². The number of nitrogens with zero attached hydrogens (tertiary/aromatic N) is 1. The summed E-state index contributed by atoms with van der Waals surface area (Å²) in [5.41, 5.74) is 3.78. The molecule has 1 amide bonds. The minimum absolute atomic E-state index is 0.106. The molecule has 1 fully saturated rings. The highest BCUT2D eigenvalue weighted by molar-refractivity contribution is 7.89. The number of thiophene rings is 1. The van der Waals surface area contributed by atoms with Gasteiger partial charge in [-0.25, -0.2) is 8.42 Å². The monoisotopic (exact) mass is 542 g/mol. The Morgan fingerprint density at radius 1 is 1.05 bits per heavy atom. The van der Waals surface area contributed by atoms with Crippen LogP contribution >= 0.6 is 11.3 Å². The number of amides is 1. The zero-order valence-electron chi connectivity index (χ0n) is 21.1. The van der Waals surface area contributed by atoms with Crippen molar-refractivity contribution >= 4 is 33.0 Å². The Kier molecular flexibility index (Phi) is 7.26. The molecule has 3 aromatic rings. The molecule has 1 aliphatic carbocycles. The predicted octanol–water partition coefficient (Wildman–Crippen LogP) is 4.58. The molecule has 196 valence electrons. The number of fused-ring (bicyclic) bond motifs is 3. The molecular formula is C27H30N2O6S2. The topological polar surface area (TPSA) is 94.2 Å². The van der Waals surface area contributed by atoms with Gasteiger partial charge in [0.2, 0.25) is 10.0 Å². The third-order valence-electron chi connectivity index (χ3n) is 6.42. The van der Waals surface area contributed by atoms with E-state index in [0.717, 1.165) is 34.6 Å². The van der Waals surface area contributed by atoms with Gasteiger partial charge in [0.1, 0.15) is 11.5 Å². The van der Waals surface area contributed by atoms with Gasteiger partial charge < -0.3 is 19.5 Å². The second kappa shape index (κ2) is 10.4. The van der Waals surface area contributed by atoms with Crippen molar-refractivity contribution < 1.29 is 27.4 Å². The first-order valence-electron chi connectivity index (χ1n) is 12.3. The summed E-state index contributed by atoms with van der Waals surface area (Å²) in [5, 5.41) is 2.92. The highest BCUT2D eigenvalue weighted by atomic mass is 32.2. The van der Waals surface area contributed by atoms with Crippen molar-refractivity contribution in [3.63, 3.8) is 0 Å². The number of hydrogen-bond donors (Lipinski definition) is 1. The van der Waals surface area contributed by atoms with Crippen LogP contribution < -0.4 is 14.8 Å². The van der Waals surface area contributed by atoms with Crippen molar-refractivity contribution in [2.24, 2.45) is 0 Å². The zero-order chi connectivity index (χ0) is 26.2. The SMILES string of the molecule is COc1ccc2c(c1)CCc1cc(C(=O)Nc3cc(S(=O)(=O)N4CCOCC4)ccc3OC(C)C)sc1-2. The molecule has 0 bridgehead atoms. The Bertz CT molecular complexity index is 1420. The van der Waals surface area contributed by atoms with Crippen LogP contribution in [-0.2, 0) is 27.6 Å². The minimum Gasteiger partial charge on any atom is -0.497 e. The first-order chi connectivity index (χ1) is 17.8. The standard InChI is InChI=1S/C27H30N2O6S2/c1-17(2)35-24-9-7-21(37(31,32)29-10-12-34-13-11-29)16-23(24)28-27(30)25-15-19-5-4-18-14-20(33-3)6-8-22(18)26(19)36-25/h6-9,14-17H,4-5,10-13H2,1-3H3,(H,28,30). The van der Waals surface area contributed by atoms with Crippen LogP contribution in [0.1, 0.15) is 34.6 Å². The number of ether oxygens (including phenoxy) is 3. The third-order valence-corrected chi connectivity index (χ3v) is 9.53. The Hall–Kier alpha value is -2.92. The van der Waals surface area contributed by atoms with Gasteiger partial charge in [-0.05, 0) is 85.8 Å². The average Bonchev–Trinajstić information content (AvgIpc) is 3.34. The second-order valence-electron chi connectivity index (χ2n) is 9.28. The molecule has 0 unspecified atom stereocenters. The molecule has 1 N–H and O–H groups in total. The molecule has 2 aromatic carbocycles. The van der Waals surface area contributed by atoms with E-state index < -0.39 is 10.0 Å². The van der Waals surface area contributed by atoms with E-state index in [1.807, 2.05) is 38.1 Å². The second-order valence-corrected chi connectivity index (χ2v) is 12.3. The molecule has 8 nitrogen and oxygen atoms in total. The fourth-order valence-corrected chi connectivity index (χ4v) is 7.19. The van der Waals surface area contributed by atoms with E-state index in [4.69, 9.17) is 14.2 Å². The molecule has 0 radical (unpaired) electrons. The quantitative estimate of drug-likeness (QED) is 0.470. The number of nitrogens with one attached hydrogen (secondary N) is 1. The van der Waals surface area contributed by atoms with Gasteiger partial charge in [0.25, 0.3) is 5.91 Å². The Morgan fingerprint density at radius 2 is 1.81 bits per heavy atom. The molecule has 5 rings (SSSR count). The van der Waals surface area contributed by atoms with E-state index in [2.05, 4.69) is 5.32 Å². The fourth-order valence-electron chi connectivity index (χ4n) is 4.59. The van der Waals surface area contributed by atoms with Crippen LogP contribution in [0.25, 0.3) is 10.4 Å². The summed E-state index contributed by atoms with van der Waals surface area (Å²) in [7, 11) is -2.08. The number of morpholine rings is 1. The van der Waals surface area contributed by atoms with Crippen LogP contribution in [0.5, 0.6) is 11.5 Å². The molecule has 1 aliphatic heterocycles. The molecule has 37 heavy (non-hydrogen) atoms. The molecule has 1 aromatic heterocycles. The van der Waals surface area contributed by atoms with Crippen LogP contribution in [0.2, 0.25) is 0 Å². The van der Waals surface area contributed by atoms with Crippen molar-refractivity contribution in [3.05, 3.63) is 58.5 Å². The molecular weight excluding hydrogens is 512 g/mol. The number of aryl methyl sites for hydroxylation is 2. The maximum Gasteiger partial charge on any atom is 0.265 e. The largest absolute Gasteiger partial charge is 0.497 e. The number of anilines is 1. The van der Waals surface area contributed by atoms with Crippen molar-refractivity contribution in [2.75, 3.05) is 38.7 Å². The number of sulfonamides is 1. The lowest BCUT2D eigenvalue weighted by atomic mass is 9.91. The molecule has 2 aliphatic rings. The highest BCUT2D eigenvalue weighted by Crippen LogP contribution is 2.41. The number of carbonyl (C=O) groups excluding carboxylic acids is 1. The Balaban J connectivity index is 1.45. The van der Waals surface area contributed by atoms with Crippen LogP contribution in [0.4, 0.5) is 5.69 Å². The third kappa shape index (κ3) is 5.24. The van der Waals surface area contributed by atoms with Gasteiger partial charge in [0.05, 0.1) is 41.9 Å². The van der Waals surface area contributed by atoms with E-state index in [0.29, 0.717) is 42.6 Å². The van der Waals surface area contributed by atoms with Gasteiger partial charge in [-0.1, -0.05) is 0 Å². The molecule has 0 saturated carbocycles. The van der Waals surface area contributed by atoms with Crippen molar-refractivity contribution in [3.8, 4) is 21.9 Å². The summed E-state index contributed by atoms with van der Waals surface area (Å²) < 4.78 is 44.4. The van der Waals surface area contributed by atoms with E-state index in [1.165, 1.54) is 33.3 Å². The van der Waals surface area contributed by atoms with Gasteiger partial charge in [-0.3, -0.25) is 4.79 Å². The first-order valence-corrected chi connectivity index (χ1v) is 14.5. The smallest absolute Gasteiger partial charge is 0.265 e. The van der Waals surface area contributed by atoms with E-state index in [-0.39, 0.29) is 16.9 Å². The van der Waals surface area contributed by atoms with E-state index in [1.54, 1.807) is 13.2 Å². The number of methoxy groups -OCH3 is 1. The van der Waals surface area contributed by atoms with Crippen LogP contribution in [0.15, 0.2) is 47.4 Å². The van der Waals surface area contributed by atoms with Crippen LogP contribution in [-0.4, -0.2) is 58.1 Å². The molecule has 2 heterocycles. The fraction of sp³-hybridized carbons (Fsp3) is 0.370. The van der Waals surface area contributed by atoms with Crippen molar-refractivity contribution in [1.82, 2.24) is 4.31 Å². The minimum atomic E-state index is -3.73. The Morgan fingerprint density at radius 3 is 2.54 bits per heavy atom. The van der Waals surface area contributed by atoms with Gasteiger partial charge in [0, 0.05) is 18.0 Å². The van der Waals surface area contributed by atoms with Gasteiger partial charge in [0.15, 0.2) is 0 Å². The summed E-state index contributed by atoms with van der Waals surface area (Å²) >= 11 is 1.44. The van der Waals surface area contributed by atoms with Crippen LogP contribution in [0.3, 0.4) is 0 Å². The summed E-state index contributed by atoms with van der Waals surface area (Å²) in [6, 6.07) is 12.6. The van der Waals surface area contributed by atoms with E-state index in [9.17, 15) is 13.2 Å². The lowest BCUT2D eigenvalue weighted by Crippen LogP contribution is -2.40. The van der Waals surface area contributed by atoms with Gasteiger partial charge >= 0.3 is 0 Å². The lowest BCUT2D eigenvalue weighted by Gasteiger charge is -2.26. The maximum absolute atomic E-state index is 13.4. The Labute approximate surface area is 221 Å². The van der Waals surface area contributed by atoms with E-state index >= 15 is 0 Å². The highest BCUT2D eigenvalue weighted by Gasteiger charge is 2.28. The lowest BCUT2D eigenvalue weighted by molar-refractivity contribution is 0.0730. The summed E-state index contributed by atoms with van der Waals surface area (Å²) in [4.78, 5) is 15.1. The normalized spacial score (nSPS) is 15.7. The van der Waals surface area contributed by atoms with Crippen molar-refractivity contribution in [1.29, 1.82) is 0 Å². The van der Waals surface area contributed by atoms with Crippen LogP contribution in [0, 0.1) is 0 Å². The zero-order valence-corrected chi connectivity index (χ0v) is 22.7. The molecule has 0 atom stereocenters. The number of benzene rings is 2. The van der Waals surface area contributed by atoms with Crippen molar-refractivity contribution in [2.45, 2.75) is 37.7 Å². The number of rotatable bonds is 7. The maximum atomic E-state index is 13.4. The molecule has 1 saturated heterocycles. The predicted molar refractivity (Wildman–Crippen MR) is 143 cm³/mol. The first kappa shape index (κ1) is 25.7. The molecule has 0 spiro atoms. The number of carbonyl (C=O) groups is 1. The average molecular weight is 543 g/mol. The summed E-state index contributed by atoms with van der Waals surface area (Å²) in [6.45, 7) is 5.06. The summed E-state index contributed by atoms with van der Waals surface area (Å²) in [6.07, 6.45) is 1.57. The summed E-state index contributed by atoms with van der Waals surface area (Å²) in [5.74, 6) is 0.938. The molecule has 10 heteroatoms. The number of hydrogen-bond acceptors (Lipinski definition) is 7. The van der Waals surface area contributed by atoms with Gasteiger partial charge in [-0.2, -0.15) is 4.31 Å².